The summed E-state index contributed by atoms with van der Waals surface area (Å²) in [5, 5.41) is 10.7. The molecule has 21 heavy (non-hydrogen) atoms. The van der Waals surface area contributed by atoms with E-state index in [-0.39, 0.29) is 12.2 Å². The van der Waals surface area contributed by atoms with Crippen molar-refractivity contribution < 1.29 is 9.50 Å². The molecule has 1 aromatic heterocycles. The van der Waals surface area contributed by atoms with Crippen LogP contribution in [0.1, 0.15) is 5.56 Å². The van der Waals surface area contributed by atoms with Crippen molar-refractivity contribution in [1.29, 1.82) is 0 Å². The SMILES string of the molecule is OC(Cc1cc(Cl)ccc1F)Cn1cnc2ccccc21. The molecule has 0 spiro atoms. The Labute approximate surface area is 126 Å². The molecule has 0 radical (unpaired) electrons. The largest absolute Gasteiger partial charge is 0.391 e. The van der Waals surface area contributed by atoms with E-state index in [1.54, 1.807) is 12.4 Å². The third kappa shape index (κ3) is 3.06. The maximum Gasteiger partial charge on any atom is 0.126 e. The third-order valence-electron chi connectivity index (χ3n) is 3.40. The number of nitrogens with zero attached hydrogens (tertiary/aromatic N) is 2. The Bertz CT molecular complexity index is 772. The van der Waals surface area contributed by atoms with Crippen LogP contribution >= 0.6 is 11.6 Å². The number of aliphatic hydroxyl groups excluding tert-OH is 1. The van der Waals surface area contributed by atoms with Crippen molar-refractivity contribution in [2.24, 2.45) is 0 Å². The zero-order chi connectivity index (χ0) is 14.8. The molecule has 0 amide bonds. The number of halogens is 2. The van der Waals surface area contributed by atoms with Gasteiger partial charge >= 0.3 is 0 Å². The summed E-state index contributed by atoms with van der Waals surface area (Å²) in [6, 6.07) is 12.0. The summed E-state index contributed by atoms with van der Waals surface area (Å²) < 4.78 is 15.5. The molecule has 1 N–H and O–H groups in total. The Morgan fingerprint density at radius 2 is 2.05 bits per heavy atom. The molecular formula is C16H14ClFN2O. The molecule has 108 valence electrons. The molecule has 1 unspecified atom stereocenters. The predicted octanol–water partition coefficient (Wildman–Crippen LogP) is 3.43. The first-order chi connectivity index (χ1) is 10.1. The van der Waals surface area contributed by atoms with Crippen LogP contribution in [0.4, 0.5) is 4.39 Å². The van der Waals surface area contributed by atoms with E-state index >= 15 is 0 Å². The first kappa shape index (κ1) is 14.0. The van der Waals surface area contributed by atoms with Crippen LogP contribution < -0.4 is 0 Å². The van der Waals surface area contributed by atoms with Crippen molar-refractivity contribution in [3.05, 3.63) is 65.2 Å². The highest BCUT2D eigenvalue weighted by molar-refractivity contribution is 6.30. The average molecular weight is 305 g/mol. The monoisotopic (exact) mass is 304 g/mol. The van der Waals surface area contributed by atoms with E-state index in [2.05, 4.69) is 4.98 Å². The van der Waals surface area contributed by atoms with Crippen LogP contribution in [0, 0.1) is 5.82 Å². The minimum Gasteiger partial charge on any atom is -0.391 e. The molecule has 0 saturated carbocycles. The Hall–Kier alpha value is -1.91. The molecule has 0 saturated heterocycles. The van der Waals surface area contributed by atoms with Crippen molar-refractivity contribution in [1.82, 2.24) is 9.55 Å². The molecule has 5 heteroatoms. The Morgan fingerprint density at radius 3 is 2.90 bits per heavy atom. The zero-order valence-corrected chi connectivity index (χ0v) is 12.0. The lowest BCUT2D eigenvalue weighted by Crippen LogP contribution is -2.18. The van der Waals surface area contributed by atoms with Crippen LogP contribution in [0.25, 0.3) is 11.0 Å². The lowest BCUT2D eigenvalue weighted by atomic mass is 10.1. The fourth-order valence-corrected chi connectivity index (χ4v) is 2.60. The first-order valence-corrected chi connectivity index (χ1v) is 7.03. The number of hydrogen-bond acceptors (Lipinski definition) is 2. The first-order valence-electron chi connectivity index (χ1n) is 6.65. The summed E-state index contributed by atoms with van der Waals surface area (Å²) in [6.07, 6.45) is 1.18. The summed E-state index contributed by atoms with van der Waals surface area (Å²) in [5.74, 6) is -0.353. The van der Waals surface area contributed by atoms with Gasteiger partial charge in [0.2, 0.25) is 0 Å². The molecule has 3 nitrogen and oxygen atoms in total. The van der Waals surface area contributed by atoms with Gasteiger partial charge in [0.15, 0.2) is 0 Å². The Kier molecular flexibility index (Phi) is 3.90. The molecule has 3 aromatic rings. The summed E-state index contributed by atoms with van der Waals surface area (Å²) in [5.41, 5.74) is 2.24. The van der Waals surface area contributed by atoms with Gasteiger partial charge in [-0.1, -0.05) is 23.7 Å². The number of para-hydroxylation sites is 2. The maximum absolute atomic E-state index is 13.7. The number of hydrogen-bond donors (Lipinski definition) is 1. The third-order valence-corrected chi connectivity index (χ3v) is 3.63. The average Bonchev–Trinajstić information content (AvgIpc) is 2.86. The number of fused-ring (bicyclic) bond motifs is 1. The van der Waals surface area contributed by atoms with Crippen molar-refractivity contribution in [2.45, 2.75) is 19.1 Å². The highest BCUT2D eigenvalue weighted by Crippen LogP contribution is 2.18. The van der Waals surface area contributed by atoms with Gasteiger partial charge in [-0.25, -0.2) is 9.37 Å². The summed E-state index contributed by atoms with van der Waals surface area (Å²) in [6.45, 7) is 0.354. The number of benzene rings is 2. The van der Waals surface area contributed by atoms with Crippen LogP contribution in [0.2, 0.25) is 5.02 Å². The molecular weight excluding hydrogens is 291 g/mol. The Balaban J connectivity index is 1.77. The molecule has 3 rings (SSSR count). The van der Waals surface area contributed by atoms with Gasteiger partial charge in [-0.05, 0) is 35.9 Å². The maximum atomic E-state index is 13.7. The van der Waals surface area contributed by atoms with Crippen LogP contribution in [-0.2, 0) is 13.0 Å². The van der Waals surface area contributed by atoms with Crippen molar-refractivity contribution in [2.75, 3.05) is 0 Å². The van der Waals surface area contributed by atoms with E-state index in [1.807, 2.05) is 28.8 Å². The Morgan fingerprint density at radius 1 is 1.24 bits per heavy atom. The second-order valence-corrected chi connectivity index (χ2v) is 5.42. The second-order valence-electron chi connectivity index (χ2n) is 4.98. The lowest BCUT2D eigenvalue weighted by molar-refractivity contribution is 0.154. The molecule has 1 heterocycles. The topological polar surface area (TPSA) is 38.0 Å². The van der Waals surface area contributed by atoms with E-state index in [4.69, 9.17) is 11.6 Å². The van der Waals surface area contributed by atoms with Gasteiger partial charge in [0.1, 0.15) is 5.82 Å². The number of aliphatic hydroxyl groups is 1. The lowest BCUT2D eigenvalue weighted by Gasteiger charge is -2.13. The van der Waals surface area contributed by atoms with Gasteiger partial charge in [-0.15, -0.1) is 0 Å². The van der Waals surface area contributed by atoms with E-state index in [0.29, 0.717) is 17.1 Å². The minimum absolute atomic E-state index is 0.207. The smallest absolute Gasteiger partial charge is 0.126 e. The van der Waals surface area contributed by atoms with E-state index < -0.39 is 6.10 Å². The quantitative estimate of drug-likeness (QED) is 0.802. The van der Waals surface area contributed by atoms with Crippen LogP contribution in [-0.4, -0.2) is 20.8 Å². The summed E-state index contributed by atoms with van der Waals surface area (Å²) in [4.78, 5) is 4.27. The molecule has 0 bridgehead atoms. The number of aromatic nitrogens is 2. The van der Waals surface area contributed by atoms with Gasteiger partial charge in [-0.2, -0.15) is 0 Å². The molecule has 0 aliphatic carbocycles. The van der Waals surface area contributed by atoms with E-state index in [9.17, 15) is 9.50 Å². The van der Waals surface area contributed by atoms with Gasteiger partial charge in [0, 0.05) is 11.4 Å². The number of imidazole rings is 1. The van der Waals surface area contributed by atoms with E-state index in [1.165, 1.54) is 12.1 Å². The fraction of sp³-hybridized carbons (Fsp3) is 0.188. The fourth-order valence-electron chi connectivity index (χ4n) is 2.40. The molecule has 1 atom stereocenters. The van der Waals surface area contributed by atoms with Crippen molar-refractivity contribution >= 4 is 22.6 Å². The molecule has 0 fully saturated rings. The van der Waals surface area contributed by atoms with E-state index in [0.717, 1.165) is 11.0 Å². The standard InChI is InChI=1S/C16H14ClFN2O/c17-12-5-6-14(18)11(7-12)8-13(21)9-20-10-19-15-3-1-2-4-16(15)20/h1-7,10,13,21H,8-9H2. The second kappa shape index (κ2) is 5.84. The van der Waals surface area contributed by atoms with Gasteiger partial charge in [0.05, 0.1) is 30.0 Å². The molecule has 0 aliphatic heterocycles. The van der Waals surface area contributed by atoms with Crippen molar-refractivity contribution in [3.8, 4) is 0 Å². The summed E-state index contributed by atoms with van der Waals surface area (Å²) >= 11 is 5.86. The summed E-state index contributed by atoms with van der Waals surface area (Å²) in [7, 11) is 0. The highest BCUT2D eigenvalue weighted by atomic mass is 35.5. The van der Waals surface area contributed by atoms with Crippen molar-refractivity contribution in [3.63, 3.8) is 0 Å². The predicted molar refractivity (Wildman–Crippen MR) is 80.9 cm³/mol. The minimum atomic E-state index is -0.712. The highest BCUT2D eigenvalue weighted by Gasteiger charge is 2.12. The van der Waals surface area contributed by atoms with Crippen LogP contribution in [0.5, 0.6) is 0 Å². The number of rotatable bonds is 4. The van der Waals surface area contributed by atoms with Gasteiger partial charge in [-0.3, -0.25) is 0 Å². The zero-order valence-electron chi connectivity index (χ0n) is 11.2. The van der Waals surface area contributed by atoms with Crippen LogP contribution in [0.15, 0.2) is 48.8 Å². The molecule has 2 aromatic carbocycles. The molecule has 0 aliphatic rings. The van der Waals surface area contributed by atoms with Crippen LogP contribution in [0.3, 0.4) is 0 Å². The normalized spacial score (nSPS) is 12.7. The van der Waals surface area contributed by atoms with Gasteiger partial charge < -0.3 is 9.67 Å². The van der Waals surface area contributed by atoms with Gasteiger partial charge in [0.25, 0.3) is 0 Å².